The first-order valence-corrected chi connectivity index (χ1v) is 8.31. The van der Waals surface area contributed by atoms with Gasteiger partial charge in [-0.15, -0.1) is 11.3 Å². The molecule has 2 aromatic heterocycles. The molecule has 2 aliphatic heterocycles. The Bertz CT molecular complexity index is 721. The summed E-state index contributed by atoms with van der Waals surface area (Å²) in [6.45, 7) is 4.74. The van der Waals surface area contributed by atoms with Crippen LogP contribution in [0.3, 0.4) is 0 Å². The molecule has 7 nitrogen and oxygen atoms in total. The van der Waals surface area contributed by atoms with Gasteiger partial charge in [-0.25, -0.2) is 14.8 Å². The van der Waals surface area contributed by atoms with E-state index in [1.165, 1.54) is 15.8 Å². The third kappa shape index (κ3) is 2.19. The number of amides is 2. The molecule has 116 valence electrons. The number of anilines is 1. The fourth-order valence-corrected chi connectivity index (χ4v) is 4.37. The molecule has 0 saturated carbocycles. The average molecular weight is 318 g/mol. The fourth-order valence-electron chi connectivity index (χ4n) is 3.22. The summed E-state index contributed by atoms with van der Waals surface area (Å²) in [5.74, 6) is 1.01. The van der Waals surface area contributed by atoms with Gasteiger partial charge in [-0.1, -0.05) is 0 Å². The zero-order valence-corrected chi connectivity index (χ0v) is 13.0. The number of fused-ring (bicyclic) bond motifs is 3. The number of carbonyl (C=O) groups excluding carboxylic acids is 1. The molecule has 2 aromatic rings. The molecule has 2 aliphatic rings. The van der Waals surface area contributed by atoms with Gasteiger partial charge in [0.15, 0.2) is 0 Å². The molecule has 3 N–H and O–H groups in total. The lowest BCUT2D eigenvalue weighted by atomic mass is 10.1. The summed E-state index contributed by atoms with van der Waals surface area (Å²) in [6, 6.07) is -0.341. The Morgan fingerprint density at radius 2 is 2.09 bits per heavy atom. The van der Waals surface area contributed by atoms with Crippen molar-refractivity contribution in [3.8, 4) is 0 Å². The molecule has 4 rings (SSSR count). The largest absolute Gasteiger partial charge is 0.352 e. The number of hydrogen-bond acceptors (Lipinski definition) is 6. The number of nitrogens with zero attached hydrogens (tertiary/aromatic N) is 4. The van der Waals surface area contributed by atoms with Crippen LogP contribution in [0, 0.1) is 0 Å². The summed E-state index contributed by atoms with van der Waals surface area (Å²) in [6.07, 6.45) is 2.67. The highest BCUT2D eigenvalue weighted by Crippen LogP contribution is 2.37. The monoisotopic (exact) mass is 318 g/mol. The second-order valence-corrected chi connectivity index (χ2v) is 6.70. The van der Waals surface area contributed by atoms with Gasteiger partial charge < -0.3 is 20.9 Å². The predicted octanol–water partition coefficient (Wildman–Crippen LogP) is 0.538. The normalized spacial score (nSPS) is 18.5. The minimum absolute atomic E-state index is 0.341. The minimum atomic E-state index is -0.341. The second-order valence-electron chi connectivity index (χ2n) is 5.62. The van der Waals surface area contributed by atoms with Crippen LogP contribution < -0.4 is 16.0 Å². The predicted molar refractivity (Wildman–Crippen MR) is 86.2 cm³/mol. The molecule has 0 unspecified atom stereocenters. The molecule has 2 amide bonds. The quantitative estimate of drug-likeness (QED) is 0.801. The number of aromatic nitrogens is 2. The van der Waals surface area contributed by atoms with Crippen molar-refractivity contribution in [2.45, 2.75) is 13.0 Å². The van der Waals surface area contributed by atoms with E-state index in [-0.39, 0.29) is 6.03 Å². The number of nitrogens with two attached hydrogens (primary N) is 1. The molecule has 8 heteroatoms. The maximum absolute atomic E-state index is 11.3. The van der Waals surface area contributed by atoms with E-state index in [2.05, 4.69) is 20.2 Å². The van der Waals surface area contributed by atoms with Crippen molar-refractivity contribution in [3.05, 3.63) is 16.8 Å². The Hall–Kier alpha value is -1.93. The SMILES string of the molecule is NC(=O)N1CCN(c2ncnc3sc4c(c23)CCNC4)CC1. The third-order valence-corrected chi connectivity index (χ3v) is 5.52. The lowest BCUT2D eigenvalue weighted by Crippen LogP contribution is -2.50. The highest BCUT2D eigenvalue weighted by atomic mass is 32.1. The van der Waals surface area contributed by atoms with E-state index in [4.69, 9.17) is 5.73 Å². The number of carbonyl (C=O) groups is 1. The highest BCUT2D eigenvalue weighted by molar-refractivity contribution is 7.19. The van der Waals surface area contributed by atoms with E-state index in [9.17, 15) is 4.79 Å². The van der Waals surface area contributed by atoms with E-state index in [0.717, 1.165) is 43.2 Å². The standard InChI is InChI=1S/C14H18N6OS/c15-14(21)20-5-3-19(4-6-20)12-11-9-1-2-16-7-10(9)22-13(11)18-8-17-12/h8,16H,1-7H2,(H2,15,21). The molecule has 0 radical (unpaired) electrons. The number of nitrogens with one attached hydrogen (secondary N) is 1. The number of primary amides is 1. The number of piperazine rings is 1. The van der Waals surface area contributed by atoms with Gasteiger partial charge in [0.1, 0.15) is 17.0 Å². The Kier molecular flexibility index (Phi) is 3.34. The summed E-state index contributed by atoms with van der Waals surface area (Å²) >= 11 is 1.76. The second kappa shape index (κ2) is 5.36. The topological polar surface area (TPSA) is 87.4 Å². The van der Waals surface area contributed by atoms with Crippen LogP contribution >= 0.6 is 11.3 Å². The maximum Gasteiger partial charge on any atom is 0.314 e. The van der Waals surface area contributed by atoms with Crippen LogP contribution in [0.4, 0.5) is 10.6 Å². The Labute approximate surface area is 132 Å². The van der Waals surface area contributed by atoms with Crippen molar-refractivity contribution >= 4 is 33.4 Å². The lowest BCUT2D eigenvalue weighted by molar-refractivity contribution is 0.204. The summed E-state index contributed by atoms with van der Waals surface area (Å²) in [5.41, 5.74) is 6.75. The molecule has 0 aromatic carbocycles. The third-order valence-electron chi connectivity index (χ3n) is 4.38. The summed E-state index contributed by atoms with van der Waals surface area (Å²) in [5, 5.41) is 4.61. The zero-order chi connectivity index (χ0) is 15.1. The van der Waals surface area contributed by atoms with E-state index in [1.807, 2.05) is 0 Å². The van der Waals surface area contributed by atoms with Gasteiger partial charge in [0.2, 0.25) is 0 Å². The van der Waals surface area contributed by atoms with Crippen LogP contribution in [0.25, 0.3) is 10.2 Å². The van der Waals surface area contributed by atoms with Crippen molar-refractivity contribution in [1.82, 2.24) is 20.2 Å². The minimum Gasteiger partial charge on any atom is -0.352 e. The fraction of sp³-hybridized carbons (Fsp3) is 0.500. The molecule has 0 atom stereocenters. The van der Waals surface area contributed by atoms with E-state index >= 15 is 0 Å². The summed E-state index contributed by atoms with van der Waals surface area (Å²) < 4.78 is 0. The van der Waals surface area contributed by atoms with Gasteiger partial charge in [-0.2, -0.15) is 0 Å². The molecule has 0 bridgehead atoms. The molecule has 0 spiro atoms. The van der Waals surface area contributed by atoms with Gasteiger partial charge in [0.05, 0.1) is 5.39 Å². The Balaban J connectivity index is 1.70. The lowest BCUT2D eigenvalue weighted by Gasteiger charge is -2.34. The van der Waals surface area contributed by atoms with Crippen molar-refractivity contribution < 1.29 is 4.79 Å². The van der Waals surface area contributed by atoms with Crippen LogP contribution in [-0.4, -0.2) is 53.6 Å². The van der Waals surface area contributed by atoms with Gasteiger partial charge in [-0.3, -0.25) is 0 Å². The van der Waals surface area contributed by atoms with E-state index < -0.39 is 0 Å². The van der Waals surface area contributed by atoms with Crippen molar-refractivity contribution in [1.29, 1.82) is 0 Å². The Morgan fingerprint density at radius 3 is 2.86 bits per heavy atom. The molecule has 1 saturated heterocycles. The van der Waals surface area contributed by atoms with E-state index in [1.54, 1.807) is 22.6 Å². The van der Waals surface area contributed by atoms with Crippen LogP contribution in [0.2, 0.25) is 0 Å². The highest BCUT2D eigenvalue weighted by Gasteiger charge is 2.25. The first-order chi connectivity index (χ1) is 10.7. The van der Waals surface area contributed by atoms with Crippen LogP contribution in [0.15, 0.2) is 6.33 Å². The first kappa shape index (κ1) is 13.7. The zero-order valence-electron chi connectivity index (χ0n) is 12.2. The smallest absolute Gasteiger partial charge is 0.314 e. The maximum atomic E-state index is 11.3. The molecule has 0 aliphatic carbocycles. The first-order valence-electron chi connectivity index (χ1n) is 7.49. The Morgan fingerprint density at radius 1 is 1.27 bits per heavy atom. The van der Waals surface area contributed by atoms with Gasteiger partial charge in [-0.05, 0) is 18.5 Å². The summed E-state index contributed by atoms with van der Waals surface area (Å²) in [7, 11) is 0. The van der Waals surface area contributed by atoms with Crippen LogP contribution in [0.1, 0.15) is 10.4 Å². The van der Waals surface area contributed by atoms with E-state index in [0.29, 0.717) is 13.1 Å². The number of urea groups is 1. The molecular formula is C14H18N6OS. The van der Waals surface area contributed by atoms with Crippen LogP contribution in [-0.2, 0) is 13.0 Å². The van der Waals surface area contributed by atoms with Crippen molar-refractivity contribution in [2.24, 2.45) is 5.73 Å². The van der Waals surface area contributed by atoms with Gasteiger partial charge in [0.25, 0.3) is 0 Å². The molecule has 22 heavy (non-hydrogen) atoms. The van der Waals surface area contributed by atoms with Gasteiger partial charge in [0, 0.05) is 37.6 Å². The molecular weight excluding hydrogens is 300 g/mol. The van der Waals surface area contributed by atoms with Gasteiger partial charge >= 0.3 is 6.03 Å². The average Bonchev–Trinajstić information content (AvgIpc) is 2.93. The number of thiophene rings is 1. The van der Waals surface area contributed by atoms with Crippen molar-refractivity contribution in [2.75, 3.05) is 37.6 Å². The van der Waals surface area contributed by atoms with Crippen molar-refractivity contribution in [3.63, 3.8) is 0 Å². The van der Waals surface area contributed by atoms with Crippen LogP contribution in [0.5, 0.6) is 0 Å². The molecule has 4 heterocycles. The molecule has 1 fully saturated rings. The number of rotatable bonds is 1. The number of hydrogen-bond donors (Lipinski definition) is 2. The summed E-state index contributed by atoms with van der Waals surface area (Å²) in [4.78, 5) is 26.6.